The van der Waals surface area contributed by atoms with E-state index < -0.39 is 12.1 Å². The number of piperazine rings is 1. The third kappa shape index (κ3) is 2.41. The Bertz CT molecular complexity index is 442. The van der Waals surface area contributed by atoms with E-state index in [2.05, 4.69) is 5.32 Å². The van der Waals surface area contributed by atoms with Crippen LogP contribution in [0.1, 0.15) is 26.3 Å². The van der Waals surface area contributed by atoms with E-state index in [1.54, 1.807) is 23.2 Å². The van der Waals surface area contributed by atoms with Crippen molar-refractivity contribution < 1.29 is 9.59 Å². The fraction of sp³-hybridized carbons (Fsp3) is 0.538. The van der Waals surface area contributed by atoms with Gasteiger partial charge < -0.3 is 10.2 Å². The Morgan fingerprint density at radius 1 is 1.44 bits per heavy atom. The van der Waals surface area contributed by atoms with Crippen LogP contribution < -0.4 is 5.32 Å². The largest absolute Gasteiger partial charge is 0.342 e. The van der Waals surface area contributed by atoms with E-state index in [4.69, 9.17) is 0 Å². The molecule has 5 heteroatoms. The lowest BCUT2D eigenvalue weighted by Crippen LogP contribution is -2.63. The summed E-state index contributed by atoms with van der Waals surface area (Å²) in [4.78, 5) is 25.9. The Labute approximate surface area is 111 Å². The van der Waals surface area contributed by atoms with Crippen molar-refractivity contribution in [3.63, 3.8) is 0 Å². The normalized spacial score (nSPS) is 24.6. The molecular formula is C13H18N2O2S. The van der Waals surface area contributed by atoms with E-state index in [1.165, 1.54) is 0 Å². The molecule has 2 rings (SSSR count). The van der Waals surface area contributed by atoms with Crippen molar-refractivity contribution in [1.82, 2.24) is 10.2 Å². The van der Waals surface area contributed by atoms with E-state index >= 15 is 0 Å². The van der Waals surface area contributed by atoms with Crippen molar-refractivity contribution in [3.05, 3.63) is 22.4 Å². The molecule has 1 aromatic heterocycles. The minimum absolute atomic E-state index is 0.0169. The number of thiophene rings is 1. The molecule has 1 aliphatic rings. The second kappa shape index (κ2) is 5.10. The van der Waals surface area contributed by atoms with Crippen LogP contribution >= 0.6 is 11.3 Å². The second-order valence-corrected chi connectivity index (χ2v) is 5.78. The number of carbonyl (C=O) groups excluding carboxylic acids is 2. The first-order chi connectivity index (χ1) is 8.50. The van der Waals surface area contributed by atoms with Gasteiger partial charge in [0.15, 0.2) is 0 Å². The van der Waals surface area contributed by atoms with Gasteiger partial charge >= 0.3 is 0 Å². The molecule has 1 aliphatic heterocycles. The monoisotopic (exact) mass is 266 g/mol. The first-order valence-corrected chi connectivity index (χ1v) is 7.07. The summed E-state index contributed by atoms with van der Waals surface area (Å²) < 4.78 is 0. The van der Waals surface area contributed by atoms with Gasteiger partial charge in [-0.05, 0) is 35.2 Å². The van der Waals surface area contributed by atoms with Gasteiger partial charge in [0.25, 0.3) is 0 Å². The van der Waals surface area contributed by atoms with Gasteiger partial charge in [-0.2, -0.15) is 11.3 Å². The van der Waals surface area contributed by atoms with E-state index in [0.29, 0.717) is 6.54 Å². The average molecular weight is 266 g/mol. The maximum absolute atomic E-state index is 12.4. The Morgan fingerprint density at radius 2 is 2.17 bits per heavy atom. The van der Waals surface area contributed by atoms with E-state index in [-0.39, 0.29) is 17.7 Å². The van der Waals surface area contributed by atoms with Crippen LogP contribution in [0.25, 0.3) is 0 Å². The van der Waals surface area contributed by atoms with Crippen LogP contribution in [0, 0.1) is 5.92 Å². The predicted molar refractivity (Wildman–Crippen MR) is 71.1 cm³/mol. The molecule has 0 saturated carbocycles. The molecule has 98 valence electrons. The Balaban J connectivity index is 2.19. The third-order valence-corrected chi connectivity index (χ3v) is 4.03. The van der Waals surface area contributed by atoms with E-state index in [1.807, 2.05) is 30.7 Å². The molecule has 2 atom stereocenters. The summed E-state index contributed by atoms with van der Waals surface area (Å²) in [6, 6.07) is 1.20. The molecule has 0 aromatic carbocycles. The summed E-state index contributed by atoms with van der Waals surface area (Å²) in [5.74, 6) is 0.0609. The average Bonchev–Trinajstić information content (AvgIpc) is 2.81. The van der Waals surface area contributed by atoms with Crippen molar-refractivity contribution in [2.24, 2.45) is 5.92 Å². The highest BCUT2D eigenvalue weighted by atomic mass is 32.1. The molecule has 2 heterocycles. The van der Waals surface area contributed by atoms with Crippen LogP contribution in [-0.4, -0.2) is 28.8 Å². The first kappa shape index (κ1) is 13.1. The topological polar surface area (TPSA) is 49.4 Å². The number of hydrogen-bond donors (Lipinski definition) is 1. The van der Waals surface area contributed by atoms with Crippen LogP contribution in [0.3, 0.4) is 0 Å². The van der Waals surface area contributed by atoms with Gasteiger partial charge in [0.05, 0.1) is 0 Å². The molecule has 0 aliphatic carbocycles. The van der Waals surface area contributed by atoms with Gasteiger partial charge in [0.1, 0.15) is 12.1 Å². The lowest BCUT2D eigenvalue weighted by molar-refractivity contribution is -0.150. The van der Waals surface area contributed by atoms with Crippen LogP contribution in [0.5, 0.6) is 0 Å². The molecule has 1 N–H and O–H groups in total. The maximum Gasteiger partial charge on any atom is 0.246 e. The van der Waals surface area contributed by atoms with E-state index in [0.717, 1.165) is 5.56 Å². The van der Waals surface area contributed by atoms with Crippen molar-refractivity contribution in [3.8, 4) is 0 Å². The molecule has 0 radical (unpaired) electrons. The minimum Gasteiger partial charge on any atom is -0.342 e. The summed E-state index contributed by atoms with van der Waals surface area (Å²) in [6.07, 6.45) is 0. The predicted octanol–water partition coefficient (Wildman–Crippen LogP) is 1.62. The molecule has 0 bridgehead atoms. The Hall–Kier alpha value is -1.36. The summed E-state index contributed by atoms with van der Waals surface area (Å²) in [7, 11) is 0. The fourth-order valence-electron chi connectivity index (χ4n) is 2.09. The lowest BCUT2D eigenvalue weighted by Gasteiger charge is -2.38. The number of hydrogen-bond acceptors (Lipinski definition) is 3. The summed E-state index contributed by atoms with van der Waals surface area (Å²) in [5.41, 5.74) is 1.08. The number of nitrogens with one attached hydrogen (secondary N) is 1. The van der Waals surface area contributed by atoms with Crippen LogP contribution in [-0.2, 0) is 16.1 Å². The number of nitrogens with zero attached hydrogens (tertiary/aromatic N) is 1. The zero-order valence-electron chi connectivity index (χ0n) is 10.8. The van der Waals surface area contributed by atoms with Gasteiger partial charge in [-0.15, -0.1) is 0 Å². The lowest BCUT2D eigenvalue weighted by atomic mass is 9.98. The van der Waals surface area contributed by atoms with E-state index in [9.17, 15) is 9.59 Å². The molecule has 18 heavy (non-hydrogen) atoms. The van der Waals surface area contributed by atoms with Crippen molar-refractivity contribution >= 4 is 23.2 Å². The van der Waals surface area contributed by atoms with Crippen LogP contribution in [0.15, 0.2) is 16.8 Å². The summed E-state index contributed by atoms with van der Waals surface area (Å²) >= 11 is 1.60. The zero-order valence-corrected chi connectivity index (χ0v) is 11.7. The third-order valence-electron chi connectivity index (χ3n) is 3.29. The highest BCUT2D eigenvalue weighted by Gasteiger charge is 2.39. The van der Waals surface area contributed by atoms with Gasteiger partial charge in [0, 0.05) is 6.54 Å². The highest BCUT2D eigenvalue weighted by Crippen LogP contribution is 2.19. The van der Waals surface area contributed by atoms with Gasteiger partial charge in [-0.25, -0.2) is 0 Å². The van der Waals surface area contributed by atoms with Gasteiger partial charge in [0.2, 0.25) is 11.8 Å². The smallest absolute Gasteiger partial charge is 0.246 e. The van der Waals surface area contributed by atoms with Crippen LogP contribution in [0.2, 0.25) is 0 Å². The molecule has 1 saturated heterocycles. The molecule has 1 fully saturated rings. The standard InChI is InChI=1S/C13H18N2O2S/c1-8(2)11-13(17)15(9(3)12(16)14-11)6-10-4-5-18-7-10/h4-5,7-9,11H,6H2,1-3H3,(H,14,16). The summed E-state index contributed by atoms with van der Waals surface area (Å²) in [6.45, 7) is 6.18. The fourth-order valence-corrected chi connectivity index (χ4v) is 2.75. The summed E-state index contributed by atoms with van der Waals surface area (Å²) in [5, 5.41) is 6.79. The quantitative estimate of drug-likeness (QED) is 0.904. The number of rotatable bonds is 3. The maximum atomic E-state index is 12.4. The molecule has 2 amide bonds. The molecular weight excluding hydrogens is 248 g/mol. The Morgan fingerprint density at radius 3 is 2.72 bits per heavy atom. The number of amides is 2. The SMILES string of the molecule is CC(C)C1NC(=O)C(C)N(Cc2ccsc2)C1=O. The van der Waals surface area contributed by atoms with Crippen molar-refractivity contribution in [1.29, 1.82) is 0 Å². The molecule has 0 spiro atoms. The molecule has 1 aromatic rings. The van der Waals surface area contributed by atoms with Crippen molar-refractivity contribution in [2.75, 3.05) is 0 Å². The first-order valence-electron chi connectivity index (χ1n) is 6.12. The molecule has 2 unspecified atom stereocenters. The highest BCUT2D eigenvalue weighted by molar-refractivity contribution is 7.07. The van der Waals surface area contributed by atoms with Gasteiger partial charge in [-0.3, -0.25) is 9.59 Å². The second-order valence-electron chi connectivity index (χ2n) is 5.00. The number of carbonyl (C=O) groups is 2. The minimum atomic E-state index is -0.396. The molecule has 4 nitrogen and oxygen atoms in total. The Kier molecular flexibility index (Phi) is 3.71. The van der Waals surface area contributed by atoms with Crippen molar-refractivity contribution in [2.45, 2.75) is 39.4 Å². The zero-order chi connectivity index (χ0) is 13.3. The van der Waals surface area contributed by atoms with Crippen LogP contribution in [0.4, 0.5) is 0 Å². The van der Waals surface area contributed by atoms with Gasteiger partial charge in [-0.1, -0.05) is 13.8 Å².